The normalized spacial score (nSPS) is 13.0. The third-order valence-corrected chi connectivity index (χ3v) is 2.91. The number of hydrogen-bond donors (Lipinski definition) is 1. The first kappa shape index (κ1) is 11.2. The quantitative estimate of drug-likeness (QED) is 0.756. The van der Waals surface area contributed by atoms with Gasteiger partial charge in [0.15, 0.2) is 10.2 Å². The zero-order valence-electron chi connectivity index (χ0n) is 8.32. The number of nitrogens with zero attached hydrogens (tertiary/aromatic N) is 6. The third kappa shape index (κ3) is 1.72. The van der Waals surface area contributed by atoms with Crippen molar-refractivity contribution in [2.24, 2.45) is 14.1 Å². The van der Waals surface area contributed by atoms with Crippen molar-refractivity contribution in [3.05, 3.63) is 5.15 Å². The second-order valence-corrected chi connectivity index (χ2v) is 4.19. The predicted molar refractivity (Wildman–Crippen MR) is 55.0 cm³/mol. The van der Waals surface area contributed by atoms with Gasteiger partial charge < -0.3 is 4.55 Å². The Kier molecular flexibility index (Phi) is 2.74. The molecule has 10 heteroatoms. The first-order valence-corrected chi connectivity index (χ1v) is 5.57. The van der Waals surface area contributed by atoms with Gasteiger partial charge in [0.1, 0.15) is 0 Å². The smallest absolute Gasteiger partial charge is 0.210 e. The Bertz CT molecular complexity index is 563. The molecule has 2 heterocycles. The first-order chi connectivity index (χ1) is 7.50. The van der Waals surface area contributed by atoms with Crippen LogP contribution in [-0.2, 0) is 25.2 Å². The topological polar surface area (TPSA) is 98.7 Å². The average molecular weight is 263 g/mol. The van der Waals surface area contributed by atoms with E-state index in [1.807, 2.05) is 0 Å². The van der Waals surface area contributed by atoms with Gasteiger partial charge in [0.05, 0.1) is 12.6 Å². The van der Waals surface area contributed by atoms with Gasteiger partial charge in [-0.2, -0.15) is 9.90 Å². The summed E-state index contributed by atoms with van der Waals surface area (Å²) in [4.78, 5) is 1.22. The maximum Gasteiger partial charge on any atom is 0.210 e. The van der Waals surface area contributed by atoms with E-state index in [2.05, 4.69) is 20.5 Å². The minimum absolute atomic E-state index is 0.0398. The van der Waals surface area contributed by atoms with E-state index in [0.717, 1.165) is 0 Å². The molecular formula is C6H7ClN6O2S. The standard InChI is InChI=1S/C6H7ClN6O2S/c1-12-6(16(14)15)3(4(7)9-12)5-8-11-13(2)10-5/h1-2H3,(H,14,15). The summed E-state index contributed by atoms with van der Waals surface area (Å²) < 4.78 is 21.5. The van der Waals surface area contributed by atoms with Crippen molar-refractivity contribution in [2.75, 3.05) is 0 Å². The summed E-state index contributed by atoms with van der Waals surface area (Å²) in [6.45, 7) is 0. The molecule has 1 atom stereocenters. The van der Waals surface area contributed by atoms with Crippen molar-refractivity contribution in [1.29, 1.82) is 0 Å². The minimum Gasteiger partial charge on any atom is -0.301 e. The van der Waals surface area contributed by atoms with Crippen molar-refractivity contribution in [3.8, 4) is 11.4 Å². The Morgan fingerprint density at radius 1 is 1.38 bits per heavy atom. The number of halogens is 1. The Morgan fingerprint density at radius 3 is 2.56 bits per heavy atom. The van der Waals surface area contributed by atoms with E-state index in [9.17, 15) is 4.21 Å². The second kappa shape index (κ2) is 3.92. The van der Waals surface area contributed by atoms with Crippen molar-refractivity contribution in [1.82, 2.24) is 30.0 Å². The van der Waals surface area contributed by atoms with E-state index in [4.69, 9.17) is 16.2 Å². The summed E-state index contributed by atoms with van der Waals surface area (Å²) in [5.74, 6) is 0.165. The molecule has 0 saturated carbocycles. The van der Waals surface area contributed by atoms with E-state index in [1.54, 1.807) is 7.05 Å². The largest absolute Gasteiger partial charge is 0.301 e. The van der Waals surface area contributed by atoms with Crippen LogP contribution in [0.3, 0.4) is 0 Å². The molecule has 0 aromatic carbocycles. The van der Waals surface area contributed by atoms with Crippen LogP contribution in [0.5, 0.6) is 0 Å². The number of hydrogen-bond acceptors (Lipinski definition) is 5. The second-order valence-electron chi connectivity index (χ2n) is 2.95. The van der Waals surface area contributed by atoms with Gasteiger partial charge in [0.25, 0.3) is 0 Å². The molecule has 0 aliphatic rings. The Balaban J connectivity index is 2.68. The van der Waals surface area contributed by atoms with Crippen LogP contribution >= 0.6 is 11.6 Å². The lowest BCUT2D eigenvalue weighted by molar-refractivity contribution is 0.547. The molecule has 0 fully saturated rings. The van der Waals surface area contributed by atoms with Gasteiger partial charge in [-0.25, -0.2) is 4.21 Å². The molecule has 0 radical (unpaired) electrons. The lowest BCUT2D eigenvalue weighted by atomic mass is 10.3. The van der Waals surface area contributed by atoms with E-state index in [-0.39, 0.29) is 21.6 Å². The minimum atomic E-state index is -2.22. The zero-order valence-corrected chi connectivity index (χ0v) is 9.90. The molecule has 0 bridgehead atoms. The van der Waals surface area contributed by atoms with Gasteiger partial charge in [-0.1, -0.05) is 11.6 Å². The number of aromatic nitrogens is 6. The van der Waals surface area contributed by atoms with E-state index in [0.29, 0.717) is 0 Å². The van der Waals surface area contributed by atoms with Gasteiger partial charge in [-0.3, -0.25) is 4.68 Å². The maximum atomic E-state index is 11.1. The molecule has 1 N–H and O–H groups in total. The number of rotatable bonds is 2. The molecular weight excluding hydrogens is 256 g/mol. The zero-order chi connectivity index (χ0) is 11.9. The first-order valence-electron chi connectivity index (χ1n) is 4.08. The highest BCUT2D eigenvalue weighted by Gasteiger charge is 2.24. The molecule has 86 valence electrons. The van der Waals surface area contributed by atoms with Crippen molar-refractivity contribution in [3.63, 3.8) is 0 Å². The van der Waals surface area contributed by atoms with Crippen molar-refractivity contribution >= 4 is 22.7 Å². The van der Waals surface area contributed by atoms with Gasteiger partial charge >= 0.3 is 0 Å². The highest BCUT2D eigenvalue weighted by Crippen LogP contribution is 2.29. The molecule has 16 heavy (non-hydrogen) atoms. The van der Waals surface area contributed by atoms with Crippen molar-refractivity contribution in [2.45, 2.75) is 5.03 Å². The van der Waals surface area contributed by atoms with Crippen LogP contribution in [0.25, 0.3) is 11.4 Å². The summed E-state index contributed by atoms with van der Waals surface area (Å²) in [5, 5.41) is 15.2. The Morgan fingerprint density at radius 2 is 2.06 bits per heavy atom. The van der Waals surface area contributed by atoms with Crippen LogP contribution in [0.1, 0.15) is 0 Å². The van der Waals surface area contributed by atoms with E-state index in [1.165, 1.54) is 16.5 Å². The highest BCUT2D eigenvalue weighted by atomic mass is 35.5. The summed E-state index contributed by atoms with van der Waals surface area (Å²) in [5.41, 5.74) is 0.220. The molecule has 2 rings (SSSR count). The SMILES string of the molecule is Cn1nnc(-c2c(Cl)nn(C)c2S(=O)O)n1. The van der Waals surface area contributed by atoms with Crippen LogP contribution in [0.2, 0.25) is 5.15 Å². The van der Waals surface area contributed by atoms with Crippen LogP contribution in [0.15, 0.2) is 5.03 Å². The number of tetrazole rings is 1. The molecule has 0 amide bonds. The molecule has 1 unspecified atom stereocenters. The average Bonchev–Trinajstić information content (AvgIpc) is 2.69. The molecule has 8 nitrogen and oxygen atoms in total. The fraction of sp³-hybridized carbons (Fsp3) is 0.333. The van der Waals surface area contributed by atoms with Gasteiger partial charge in [-0.15, -0.1) is 10.2 Å². The fourth-order valence-corrected chi connectivity index (χ4v) is 2.22. The molecule has 2 aromatic rings. The number of aryl methyl sites for hydroxylation is 2. The molecule has 0 aliphatic heterocycles. The van der Waals surface area contributed by atoms with Crippen molar-refractivity contribution < 1.29 is 8.76 Å². The van der Waals surface area contributed by atoms with Crippen LogP contribution in [0, 0.1) is 0 Å². The lowest BCUT2D eigenvalue weighted by Crippen LogP contribution is -2.01. The summed E-state index contributed by atoms with van der Waals surface area (Å²) in [7, 11) is 3.09. The van der Waals surface area contributed by atoms with Gasteiger partial charge in [-0.05, 0) is 5.21 Å². The highest BCUT2D eigenvalue weighted by molar-refractivity contribution is 7.79. The van der Waals surface area contributed by atoms with Crippen LogP contribution in [0.4, 0.5) is 0 Å². The van der Waals surface area contributed by atoms with Crippen LogP contribution in [-0.4, -0.2) is 38.7 Å². The summed E-state index contributed by atoms with van der Waals surface area (Å²) in [6.07, 6.45) is 0. The lowest BCUT2D eigenvalue weighted by Gasteiger charge is -1.96. The van der Waals surface area contributed by atoms with Gasteiger partial charge in [0, 0.05) is 7.05 Å². The van der Waals surface area contributed by atoms with Crippen LogP contribution < -0.4 is 0 Å². The van der Waals surface area contributed by atoms with E-state index >= 15 is 0 Å². The monoisotopic (exact) mass is 262 g/mol. The fourth-order valence-electron chi connectivity index (χ4n) is 1.25. The van der Waals surface area contributed by atoms with Gasteiger partial charge in [0.2, 0.25) is 16.9 Å². The molecule has 0 spiro atoms. The Hall–Kier alpha value is -1.32. The molecule has 0 saturated heterocycles. The van der Waals surface area contributed by atoms with E-state index < -0.39 is 11.1 Å². The Labute approximate surface area is 97.5 Å². The predicted octanol–water partition coefficient (Wildman–Crippen LogP) is -0.155. The molecule has 0 aliphatic carbocycles. The summed E-state index contributed by atoms with van der Waals surface area (Å²) in [6, 6.07) is 0. The molecule has 2 aromatic heterocycles. The maximum absolute atomic E-state index is 11.1. The summed E-state index contributed by atoms with van der Waals surface area (Å²) >= 11 is 3.62. The third-order valence-electron chi connectivity index (χ3n) is 1.85.